The van der Waals surface area contributed by atoms with Gasteiger partial charge in [0.1, 0.15) is 0 Å². The lowest BCUT2D eigenvalue weighted by Gasteiger charge is -2.18. The molecule has 0 bridgehead atoms. The van der Waals surface area contributed by atoms with E-state index in [1.54, 1.807) is 14.2 Å². The number of carbonyl (C=O) groups excluding carboxylic acids is 1. The summed E-state index contributed by atoms with van der Waals surface area (Å²) in [5, 5.41) is 3.09. The van der Waals surface area contributed by atoms with Gasteiger partial charge in [0.15, 0.2) is 11.5 Å². The lowest BCUT2D eigenvalue weighted by atomic mass is 9.94. The van der Waals surface area contributed by atoms with Crippen molar-refractivity contribution in [2.75, 3.05) is 20.8 Å². The number of nitrogens with one attached hydrogen (secondary N) is 1. The molecular weight excluding hydrogens is 317 g/mol. The van der Waals surface area contributed by atoms with E-state index in [0.717, 1.165) is 37.1 Å². The summed E-state index contributed by atoms with van der Waals surface area (Å²) >= 11 is 0. The van der Waals surface area contributed by atoms with Crippen LogP contribution in [0.1, 0.15) is 30.5 Å². The molecule has 1 fully saturated rings. The quantitative estimate of drug-likeness (QED) is 0.749. The molecule has 6 nitrogen and oxygen atoms in total. The van der Waals surface area contributed by atoms with Crippen LogP contribution in [0.3, 0.4) is 0 Å². The Bertz CT molecular complexity index is 750. The van der Waals surface area contributed by atoms with Crippen molar-refractivity contribution in [1.29, 1.82) is 0 Å². The second kappa shape index (κ2) is 7.17. The summed E-state index contributed by atoms with van der Waals surface area (Å²) in [5.74, 6) is 1.44. The molecule has 1 aromatic carbocycles. The first-order valence-electron chi connectivity index (χ1n) is 8.58. The van der Waals surface area contributed by atoms with E-state index in [1.807, 2.05) is 37.6 Å². The number of methoxy groups -OCH3 is 2. The van der Waals surface area contributed by atoms with Gasteiger partial charge >= 0.3 is 0 Å². The zero-order valence-corrected chi connectivity index (χ0v) is 15.0. The van der Waals surface area contributed by atoms with Crippen molar-refractivity contribution in [3.63, 3.8) is 0 Å². The first kappa shape index (κ1) is 17.3. The van der Waals surface area contributed by atoms with E-state index in [-0.39, 0.29) is 5.91 Å². The third kappa shape index (κ3) is 3.48. The molecule has 0 aliphatic heterocycles. The molecule has 6 heteroatoms. The van der Waals surface area contributed by atoms with Crippen LogP contribution in [0.2, 0.25) is 0 Å². The van der Waals surface area contributed by atoms with Crippen molar-refractivity contribution < 1.29 is 14.3 Å². The molecule has 0 radical (unpaired) electrons. The Morgan fingerprint density at radius 2 is 2.04 bits per heavy atom. The highest BCUT2D eigenvalue weighted by molar-refractivity contribution is 5.91. The monoisotopic (exact) mass is 342 g/mol. The average Bonchev–Trinajstić information content (AvgIpc) is 3.35. The number of ether oxygens (including phenoxy) is 2. The van der Waals surface area contributed by atoms with Gasteiger partial charge in [-0.2, -0.15) is 0 Å². The lowest BCUT2D eigenvalue weighted by Crippen LogP contribution is -2.35. The summed E-state index contributed by atoms with van der Waals surface area (Å²) in [7, 11) is 3.22. The number of aromatic nitrogens is 2. The molecule has 0 unspecified atom stereocenters. The molecule has 1 amide bonds. The Morgan fingerprint density at radius 1 is 1.28 bits per heavy atom. The molecule has 1 aliphatic carbocycles. The summed E-state index contributed by atoms with van der Waals surface area (Å²) in [5.41, 5.74) is 1.72. The minimum Gasteiger partial charge on any atom is -0.493 e. The smallest absolute Gasteiger partial charge is 0.230 e. The second-order valence-electron chi connectivity index (χ2n) is 6.49. The van der Waals surface area contributed by atoms with E-state index in [4.69, 9.17) is 9.47 Å². The molecule has 1 N–H and O–H groups in total. The molecule has 1 aliphatic rings. The number of imidazole rings is 1. The van der Waals surface area contributed by atoms with Crippen molar-refractivity contribution >= 4 is 5.91 Å². The fraction of sp³-hybridized carbons (Fsp3) is 0.474. The summed E-state index contributed by atoms with van der Waals surface area (Å²) in [6.07, 6.45) is 6.28. The number of hydrogen-bond acceptors (Lipinski definition) is 4. The van der Waals surface area contributed by atoms with E-state index >= 15 is 0 Å². The SMILES string of the molecule is COc1cc(C2(C(=O)NCCCn3cncc3C)CC2)ccc1O[11CH3]. The van der Waals surface area contributed by atoms with Crippen molar-refractivity contribution in [1.82, 2.24) is 14.9 Å². The summed E-state index contributed by atoms with van der Waals surface area (Å²) in [6.45, 7) is 3.54. The van der Waals surface area contributed by atoms with Crippen LogP contribution in [0.15, 0.2) is 30.7 Å². The Morgan fingerprint density at radius 3 is 2.64 bits per heavy atom. The highest BCUT2D eigenvalue weighted by atomic mass is 16.5. The van der Waals surface area contributed by atoms with Crippen LogP contribution >= 0.6 is 0 Å². The van der Waals surface area contributed by atoms with Crippen molar-refractivity contribution in [2.45, 2.75) is 38.1 Å². The Labute approximate surface area is 148 Å². The molecular formula is C19H25N3O3. The molecule has 0 spiro atoms. The fourth-order valence-corrected chi connectivity index (χ4v) is 3.15. The van der Waals surface area contributed by atoms with Gasteiger partial charge in [-0.15, -0.1) is 0 Å². The molecule has 0 atom stereocenters. The largest absolute Gasteiger partial charge is 0.493 e. The van der Waals surface area contributed by atoms with Gasteiger partial charge < -0.3 is 19.4 Å². The molecule has 25 heavy (non-hydrogen) atoms. The van der Waals surface area contributed by atoms with E-state index in [0.29, 0.717) is 18.0 Å². The van der Waals surface area contributed by atoms with Gasteiger partial charge in [0, 0.05) is 25.0 Å². The van der Waals surface area contributed by atoms with E-state index in [9.17, 15) is 4.79 Å². The minimum absolute atomic E-state index is 0.0991. The van der Waals surface area contributed by atoms with E-state index in [1.165, 1.54) is 0 Å². The maximum Gasteiger partial charge on any atom is 0.230 e. The van der Waals surface area contributed by atoms with Gasteiger partial charge in [-0.1, -0.05) is 6.07 Å². The van der Waals surface area contributed by atoms with Gasteiger partial charge in [0.05, 0.1) is 26.0 Å². The zero-order valence-electron chi connectivity index (χ0n) is 15.0. The molecule has 0 saturated heterocycles. The predicted molar refractivity (Wildman–Crippen MR) is 95.0 cm³/mol. The van der Waals surface area contributed by atoms with E-state index < -0.39 is 5.41 Å². The Hall–Kier alpha value is -2.50. The molecule has 3 rings (SSSR count). The number of nitrogens with zero attached hydrogens (tertiary/aromatic N) is 2. The number of hydrogen-bond donors (Lipinski definition) is 1. The molecule has 1 heterocycles. The Balaban J connectivity index is 1.59. The number of carbonyl (C=O) groups is 1. The van der Waals surface area contributed by atoms with Crippen molar-refractivity contribution in [3.8, 4) is 11.5 Å². The number of rotatable bonds is 8. The number of aryl methyl sites for hydroxylation is 2. The normalized spacial score (nSPS) is 14.8. The fourth-order valence-electron chi connectivity index (χ4n) is 3.15. The molecule has 2 aromatic rings. The van der Waals surface area contributed by atoms with Crippen LogP contribution in [0.5, 0.6) is 11.5 Å². The van der Waals surface area contributed by atoms with Crippen LogP contribution in [0, 0.1) is 6.92 Å². The summed E-state index contributed by atoms with van der Waals surface area (Å²) < 4.78 is 12.7. The lowest BCUT2D eigenvalue weighted by molar-refractivity contribution is -0.123. The minimum atomic E-state index is -0.412. The number of amides is 1. The zero-order chi connectivity index (χ0) is 17.9. The topological polar surface area (TPSA) is 65.4 Å². The van der Waals surface area contributed by atoms with Gasteiger partial charge in [-0.25, -0.2) is 4.98 Å². The first-order chi connectivity index (χ1) is 12.1. The highest BCUT2D eigenvalue weighted by Crippen LogP contribution is 2.50. The third-order valence-corrected chi connectivity index (χ3v) is 4.90. The van der Waals surface area contributed by atoms with Gasteiger partial charge in [0.25, 0.3) is 0 Å². The van der Waals surface area contributed by atoms with Crippen LogP contribution in [-0.4, -0.2) is 36.2 Å². The molecule has 1 saturated carbocycles. The molecule has 134 valence electrons. The van der Waals surface area contributed by atoms with Crippen LogP contribution in [0.4, 0.5) is 0 Å². The summed E-state index contributed by atoms with van der Waals surface area (Å²) in [6, 6.07) is 5.74. The Kier molecular flexibility index (Phi) is 4.97. The summed E-state index contributed by atoms with van der Waals surface area (Å²) in [4.78, 5) is 16.8. The highest BCUT2D eigenvalue weighted by Gasteiger charge is 2.51. The average molecular weight is 342 g/mol. The standard InChI is InChI=1S/C19H25N3O3/c1-14-12-20-13-22(14)10-4-9-21-18(23)19(7-8-19)15-5-6-16(24-2)17(11-15)25-3/h5-6,11-13H,4,7-10H2,1-3H3,(H,21,23)/i2-1. The van der Waals surface area contributed by atoms with Crippen molar-refractivity contribution in [3.05, 3.63) is 42.0 Å². The van der Waals surface area contributed by atoms with E-state index in [2.05, 4.69) is 14.9 Å². The predicted octanol–water partition coefficient (Wildman–Crippen LogP) is 2.45. The van der Waals surface area contributed by atoms with Crippen LogP contribution < -0.4 is 14.8 Å². The van der Waals surface area contributed by atoms with Crippen LogP contribution in [-0.2, 0) is 16.8 Å². The number of benzene rings is 1. The van der Waals surface area contributed by atoms with Gasteiger partial charge in [-0.05, 0) is 43.9 Å². The first-order valence-corrected chi connectivity index (χ1v) is 8.58. The van der Waals surface area contributed by atoms with Crippen LogP contribution in [0.25, 0.3) is 0 Å². The third-order valence-electron chi connectivity index (χ3n) is 4.90. The van der Waals surface area contributed by atoms with Gasteiger partial charge in [0.2, 0.25) is 5.91 Å². The second-order valence-corrected chi connectivity index (χ2v) is 6.49. The maximum atomic E-state index is 12.7. The maximum absolute atomic E-state index is 12.7. The van der Waals surface area contributed by atoms with Crippen molar-refractivity contribution in [2.24, 2.45) is 0 Å². The van der Waals surface area contributed by atoms with Gasteiger partial charge in [-0.3, -0.25) is 4.79 Å². The molecule has 1 aromatic heterocycles.